The number of nitrogens with two attached hydrogens (primary N) is 1. The van der Waals surface area contributed by atoms with Crippen LogP contribution in [0.5, 0.6) is 0 Å². The minimum Gasteiger partial charge on any atom is -0.383 e. The lowest BCUT2D eigenvalue weighted by molar-refractivity contribution is -0.119. The molecule has 12 heteroatoms. The Hall–Kier alpha value is -3.41. The molecule has 34 heavy (non-hydrogen) atoms. The van der Waals surface area contributed by atoms with Crippen molar-refractivity contribution in [1.29, 1.82) is 0 Å². The lowest BCUT2D eigenvalue weighted by Gasteiger charge is -2.31. The first-order valence-corrected chi connectivity index (χ1v) is 12.7. The van der Waals surface area contributed by atoms with Crippen LogP contribution in [0.3, 0.4) is 0 Å². The third kappa shape index (κ3) is 3.91. The molecule has 2 heterocycles. The molecular formula is C22H27N5O6S. The number of rotatable bonds is 7. The zero-order chi connectivity index (χ0) is 24.6. The van der Waals surface area contributed by atoms with Crippen molar-refractivity contribution in [3.63, 3.8) is 0 Å². The van der Waals surface area contributed by atoms with E-state index in [4.69, 9.17) is 5.73 Å². The number of nitrogen functional groups attached to an aromatic ring is 1. The van der Waals surface area contributed by atoms with Crippen molar-refractivity contribution in [3.8, 4) is 0 Å². The Balaban J connectivity index is 1.76. The maximum absolute atomic E-state index is 13.6. The summed E-state index contributed by atoms with van der Waals surface area (Å²) in [6, 6.07) is 5.34. The number of H-pyrrole nitrogens is 1. The summed E-state index contributed by atoms with van der Waals surface area (Å²) in [5.41, 5.74) is 4.55. The number of fused-ring (bicyclic) bond motifs is 1. The number of hydrogen-bond donors (Lipinski definition) is 2. The van der Waals surface area contributed by atoms with E-state index in [-0.39, 0.29) is 28.5 Å². The predicted molar refractivity (Wildman–Crippen MR) is 125 cm³/mol. The summed E-state index contributed by atoms with van der Waals surface area (Å²) in [6.07, 6.45) is 4.20. The van der Waals surface area contributed by atoms with E-state index in [1.165, 1.54) is 27.7 Å². The first-order valence-electron chi connectivity index (χ1n) is 11.3. The molecule has 1 aliphatic heterocycles. The normalized spacial score (nSPS) is 17.2. The van der Waals surface area contributed by atoms with Gasteiger partial charge < -0.3 is 5.73 Å². The molecule has 2 aromatic rings. The summed E-state index contributed by atoms with van der Waals surface area (Å²) in [7, 11) is -4.21. The number of sulfonamides is 1. The fourth-order valence-corrected chi connectivity index (χ4v) is 6.13. The van der Waals surface area contributed by atoms with Gasteiger partial charge in [-0.1, -0.05) is 38.3 Å². The van der Waals surface area contributed by atoms with E-state index in [1.54, 1.807) is 6.07 Å². The van der Waals surface area contributed by atoms with Gasteiger partial charge >= 0.3 is 5.69 Å². The molecule has 4 rings (SSSR count). The van der Waals surface area contributed by atoms with Gasteiger partial charge in [-0.25, -0.2) is 17.5 Å². The number of amides is 2. The maximum Gasteiger partial charge on any atom is 0.330 e. The van der Waals surface area contributed by atoms with Crippen LogP contribution < -0.4 is 21.9 Å². The molecule has 2 amide bonds. The highest BCUT2D eigenvalue weighted by Gasteiger charge is 2.43. The van der Waals surface area contributed by atoms with Crippen molar-refractivity contribution in [2.24, 2.45) is 0 Å². The lowest BCUT2D eigenvalue weighted by Crippen LogP contribution is -2.50. The van der Waals surface area contributed by atoms with E-state index >= 15 is 0 Å². The second-order valence-corrected chi connectivity index (χ2v) is 10.3. The maximum atomic E-state index is 13.6. The Bertz CT molecular complexity index is 1360. The quantitative estimate of drug-likeness (QED) is 0.588. The van der Waals surface area contributed by atoms with Gasteiger partial charge in [0.25, 0.3) is 21.5 Å². The van der Waals surface area contributed by atoms with Crippen LogP contribution in [0.4, 0.5) is 11.5 Å². The third-order valence-corrected chi connectivity index (χ3v) is 8.13. The Morgan fingerprint density at radius 3 is 2.50 bits per heavy atom. The highest BCUT2D eigenvalue weighted by molar-refractivity contribution is 7.90. The molecule has 0 saturated heterocycles. The SMILES string of the molecule is CCCCn1c(N)c(N(C(=O)CN2C(=O)c3ccccc3S2(=O)=O)C2CCCC2)c(=O)[nH]c1=O. The Kier molecular flexibility index (Phi) is 6.34. The van der Waals surface area contributed by atoms with Crippen molar-refractivity contribution >= 4 is 33.3 Å². The predicted octanol–water partition coefficient (Wildman–Crippen LogP) is 1.04. The zero-order valence-electron chi connectivity index (χ0n) is 18.8. The molecule has 2 aliphatic rings. The van der Waals surface area contributed by atoms with Crippen molar-refractivity contribution < 1.29 is 18.0 Å². The number of aromatic nitrogens is 2. The van der Waals surface area contributed by atoms with E-state index in [0.717, 1.165) is 19.3 Å². The van der Waals surface area contributed by atoms with Crippen LogP contribution in [-0.2, 0) is 21.4 Å². The highest BCUT2D eigenvalue weighted by Crippen LogP contribution is 2.32. The fourth-order valence-electron chi connectivity index (χ4n) is 4.61. The average molecular weight is 490 g/mol. The summed E-state index contributed by atoms with van der Waals surface area (Å²) in [6.45, 7) is 1.42. The molecule has 1 aliphatic carbocycles. The van der Waals surface area contributed by atoms with E-state index in [9.17, 15) is 27.6 Å². The first-order chi connectivity index (χ1) is 16.2. The largest absolute Gasteiger partial charge is 0.383 e. The van der Waals surface area contributed by atoms with E-state index in [2.05, 4.69) is 4.98 Å². The van der Waals surface area contributed by atoms with Gasteiger partial charge in [0.15, 0.2) is 5.69 Å². The van der Waals surface area contributed by atoms with Crippen LogP contribution in [0.1, 0.15) is 55.8 Å². The highest BCUT2D eigenvalue weighted by atomic mass is 32.2. The topological polar surface area (TPSA) is 156 Å². The van der Waals surface area contributed by atoms with Crippen molar-refractivity contribution in [2.45, 2.75) is 62.9 Å². The minimum atomic E-state index is -4.21. The van der Waals surface area contributed by atoms with E-state index in [1.807, 2.05) is 6.92 Å². The molecule has 1 aromatic carbocycles. The molecule has 3 N–H and O–H groups in total. The molecule has 0 unspecified atom stereocenters. The Morgan fingerprint density at radius 1 is 1.18 bits per heavy atom. The first kappa shape index (κ1) is 23.7. The Morgan fingerprint density at radius 2 is 1.85 bits per heavy atom. The summed E-state index contributed by atoms with van der Waals surface area (Å²) < 4.78 is 27.7. The number of nitrogens with zero attached hydrogens (tertiary/aromatic N) is 3. The van der Waals surface area contributed by atoms with E-state index in [0.29, 0.717) is 23.6 Å². The summed E-state index contributed by atoms with van der Waals surface area (Å²) >= 11 is 0. The lowest BCUT2D eigenvalue weighted by atomic mass is 10.1. The zero-order valence-corrected chi connectivity index (χ0v) is 19.6. The van der Waals surface area contributed by atoms with Gasteiger partial charge in [0, 0.05) is 12.6 Å². The van der Waals surface area contributed by atoms with Crippen LogP contribution in [0.25, 0.3) is 0 Å². The summed E-state index contributed by atoms with van der Waals surface area (Å²) in [5, 5.41) is 0. The van der Waals surface area contributed by atoms with Gasteiger partial charge in [0.2, 0.25) is 5.91 Å². The third-order valence-electron chi connectivity index (χ3n) is 6.34. The minimum absolute atomic E-state index is 0.00630. The molecule has 0 radical (unpaired) electrons. The molecule has 1 saturated carbocycles. The van der Waals surface area contributed by atoms with Crippen LogP contribution >= 0.6 is 0 Å². The molecule has 1 fully saturated rings. The van der Waals surface area contributed by atoms with Crippen LogP contribution in [0.2, 0.25) is 0 Å². The molecule has 0 spiro atoms. The number of carbonyl (C=O) groups is 2. The second kappa shape index (κ2) is 9.09. The number of nitrogens with one attached hydrogen (secondary N) is 1. The molecule has 0 bridgehead atoms. The summed E-state index contributed by atoms with van der Waals surface area (Å²) in [4.78, 5) is 54.8. The number of anilines is 2. The van der Waals surface area contributed by atoms with Gasteiger partial charge in [0.1, 0.15) is 17.3 Å². The second-order valence-electron chi connectivity index (χ2n) is 8.51. The monoisotopic (exact) mass is 489 g/mol. The number of benzene rings is 1. The molecular weight excluding hydrogens is 462 g/mol. The summed E-state index contributed by atoms with van der Waals surface area (Å²) in [5.74, 6) is -1.71. The van der Waals surface area contributed by atoms with Gasteiger partial charge in [0.05, 0.1) is 5.56 Å². The fraction of sp³-hybridized carbons (Fsp3) is 0.455. The molecule has 1 aromatic heterocycles. The number of carbonyl (C=O) groups excluding carboxylic acids is 2. The van der Waals surface area contributed by atoms with Crippen molar-refractivity contribution in [3.05, 3.63) is 50.7 Å². The smallest absolute Gasteiger partial charge is 0.330 e. The van der Waals surface area contributed by atoms with Gasteiger partial charge in [-0.2, -0.15) is 0 Å². The number of unbranched alkanes of at least 4 members (excludes halogenated alkanes) is 1. The molecule has 11 nitrogen and oxygen atoms in total. The number of aromatic amines is 1. The van der Waals surface area contributed by atoms with Crippen LogP contribution in [-0.4, -0.2) is 46.7 Å². The van der Waals surface area contributed by atoms with Crippen LogP contribution in [0, 0.1) is 0 Å². The standard InChI is InChI=1S/C22H27N5O6S/c1-2-3-12-25-19(23)18(20(29)24-22(25)31)27(14-8-4-5-9-14)17(28)13-26-21(30)15-10-6-7-11-16(15)34(26,32)33/h6-7,10-11,14H,2-5,8-9,12-13,23H2,1H3,(H,24,29,31). The molecule has 182 valence electrons. The van der Waals surface area contributed by atoms with E-state index < -0.39 is 45.7 Å². The van der Waals surface area contributed by atoms with Gasteiger partial charge in [-0.3, -0.25) is 28.8 Å². The van der Waals surface area contributed by atoms with Gasteiger partial charge in [-0.05, 0) is 31.4 Å². The van der Waals surface area contributed by atoms with Crippen molar-refractivity contribution in [2.75, 3.05) is 17.2 Å². The number of hydrogen-bond acceptors (Lipinski definition) is 7. The molecule has 0 atom stereocenters. The Labute approximate surface area is 196 Å². The van der Waals surface area contributed by atoms with Crippen LogP contribution in [0.15, 0.2) is 38.8 Å². The van der Waals surface area contributed by atoms with Crippen molar-refractivity contribution in [1.82, 2.24) is 13.9 Å². The average Bonchev–Trinajstić information content (AvgIpc) is 3.39. The van der Waals surface area contributed by atoms with Gasteiger partial charge in [-0.15, -0.1) is 0 Å².